The van der Waals surface area contributed by atoms with Crippen LogP contribution in [-0.4, -0.2) is 44.7 Å². The van der Waals surface area contributed by atoms with Crippen LogP contribution in [0.5, 0.6) is 0 Å². The van der Waals surface area contributed by atoms with Gasteiger partial charge in [0.1, 0.15) is 6.54 Å². The van der Waals surface area contributed by atoms with Gasteiger partial charge in [-0.25, -0.2) is 0 Å². The van der Waals surface area contributed by atoms with Crippen molar-refractivity contribution in [2.45, 2.75) is 13.5 Å². The number of thioether (sulfide) groups is 1. The summed E-state index contributed by atoms with van der Waals surface area (Å²) in [4.78, 5) is 48.0. The monoisotopic (exact) mass is 415 g/mol. The summed E-state index contributed by atoms with van der Waals surface area (Å²) in [6, 6.07) is 9.87. The number of esters is 1. The van der Waals surface area contributed by atoms with Gasteiger partial charge in [-0.05, 0) is 36.9 Å². The number of ether oxygens (including phenoxy) is 1. The lowest BCUT2D eigenvalue weighted by molar-refractivity contribution is -0.385. The van der Waals surface area contributed by atoms with Crippen LogP contribution in [0.4, 0.5) is 10.5 Å². The summed E-state index contributed by atoms with van der Waals surface area (Å²) in [5, 5.41) is 10.7. The Labute approximate surface area is 170 Å². The molecule has 1 aliphatic rings. The number of nitro benzene ring substituents is 1. The molecule has 0 bridgehead atoms. The minimum Gasteiger partial charge on any atom is -0.465 e. The summed E-state index contributed by atoms with van der Waals surface area (Å²) >= 11 is 0.732. The van der Waals surface area contributed by atoms with Crippen molar-refractivity contribution in [3.63, 3.8) is 0 Å². The molecule has 2 aromatic rings. The SMILES string of the molecule is CCOC(=O)CN1C(=O)S/C(=C/c2cccn2Cc2ccccc2[N+](=O)[O-])C1=O. The molecule has 2 amide bonds. The van der Waals surface area contributed by atoms with Crippen LogP contribution in [0.1, 0.15) is 18.2 Å². The number of nitrogens with zero attached hydrogens (tertiary/aromatic N) is 3. The smallest absolute Gasteiger partial charge is 0.326 e. The Bertz CT molecular complexity index is 1010. The summed E-state index contributed by atoms with van der Waals surface area (Å²) < 4.78 is 6.52. The van der Waals surface area contributed by atoms with Gasteiger partial charge in [0.25, 0.3) is 16.8 Å². The molecule has 9 nitrogen and oxygen atoms in total. The van der Waals surface area contributed by atoms with E-state index in [1.165, 1.54) is 12.1 Å². The molecule has 1 aliphatic heterocycles. The van der Waals surface area contributed by atoms with E-state index in [0.717, 1.165) is 16.7 Å². The standard InChI is InChI=1S/C19H17N3O6S/c1-2-28-17(23)12-21-18(24)16(29-19(21)25)10-14-7-5-9-20(14)11-13-6-3-4-8-15(13)22(26)27/h3-10H,2,11-12H2,1H3/b16-10+. The Balaban J connectivity index is 1.82. The van der Waals surface area contributed by atoms with Crippen LogP contribution < -0.4 is 0 Å². The Morgan fingerprint density at radius 1 is 1.24 bits per heavy atom. The Hall–Kier alpha value is -3.40. The van der Waals surface area contributed by atoms with Crippen LogP contribution in [-0.2, 0) is 20.9 Å². The van der Waals surface area contributed by atoms with Gasteiger partial charge in [-0.15, -0.1) is 0 Å². The van der Waals surface area contributed by atoms with Crippen molar-refractivity contribution in [1.82, 2.24) is 9.47 Å². The maximum Gasteiger partial charge on any atom is 0.326 e. The maximum atomic E-state index is 12.5. The first-order chi connectivity index (χ1) is 13.9. The summed E-state index contributed by atoms with van der Waals surface area (Å²) in [6.07, 6.45) is 3.26. The first-order valence-corrected chi connectivity index (χ1v) is 9.50. The summed E-state index contributed by atoms with van der Waals surface area (Å²) in [5.41, 5.74) is 1.12. The minimum absolute atomic E-state index is 0.00177. The maximum absolute atomic E-state index is 12.5. The molecule has 0 radical (unpaired) electrons. The third-order valence-electron chi connectivity index (χ3n) is 4.14. The van der Waals surface area contributed by atoms with E-state index >= 15 is 0 Å². The second-order valence-electron chi connectivity index (χ2n) is 6.02. The van der Waals surface area contributed by atoms with E-state index in [4.69, 9.17) is 4.74 Å². The molecule has 0 unspecified atom stereocenters. The molecule has 1 aromatic carbocycles. The molecule has 2 heterocycles. The third-order valence-corrected chi connectivity index (χ3v) is 5.05. The lowest BCUT2D eigenvalue weighted by Crippen LogP contribution is -2.34. The van der Waals surface area contributed by atoms with Crippen LogP contribution in [0.15, 0.2) is 47.5 Å². The van der Waals surface area contributed by atoms with E-state index < -0.39 is 28.6 Å². The molecule has 3 rings (SSSR count). The number of carbonyl (C=O) groups excluding carboxylic acids is 3. The van der Waals surface area contributed by atoms with Gasteiger partial charge in [-0.1, -0.05) is 18.2 Å². The quantitative estimate of drug-likeness (QED) is 0.296. The van der Waals surface area contributed by atoms with Crippen LogP contribution in [0.25, 0.3) is 6.08 Å². The fraction of sp³-hybridized carbons (Fsp3) is 0.211. The zero-order valence-electron chi connectivity index (χ0n) is 15.4. The normalized spacial score (nSPS) is 15.2. The number of hydrogen-bond donors (Lipinski definition) is 0. The van der Waals surface area contributed by atoms with Gasteiger partial charge in [-0.3, -0.25) is 29.4 Å². The fourth-order valence-electron chi connectivity index (χ4n) is 2.81. The highest BCUT2D eigenvalue weighted by Crippen LogP contribution is 2.32. The molecule has 1 fully saturated rings. The van der Waals surface area contributed by atoms with Crippen LogP contribution in [0.3, 0.4) is 0 Å². The highest BCUT2D eigenvalue weighted by atomic mass is 32.2. The van der Waals surface area contributed by atoms with Gasteiger partial charge >= 0.3 is 5.97 Å². The minimum atomic E-state index is -0.657. The van der Waals surface area contributed by atoms with Crippen molar-refractivity contribution in [3.05, 3.63) is 68.9 Å². The first-order valence-electron chi connectivity index (χ1n) is 8.69. The Morgan fingerprint density at radius 3 is 2.72 bits per heavy atom. The molecular weight excluding hydrogens is 398 g/mol. The number of para-hydroxylation sites is 1. The number of imide groups is 1. The van der Waals surface area contributed by atoms with Gasteiger partial charge < -0.3 is 9.30 Å². The van der Waals surface area contributed by atoms with Crippen molar-refractivity contribution in [3.8, 4) is 0 Å². The number of amides is 2. The molecule has 1 saturated heterocycles. The van der Waals surface area contributed by atoms with Gasteiger partial charge in [-0.2, -0.15) is 0 Å². The van der Waals surface area contributed by atoms with Crippen LogP contribution >= 0.6 is 11.8 Å². The predicted molar refractivity (Wildman–Crippen MR) is 106 cm³/mol. The van der Waals surface area contributed by atoms with Gasteiger partial charge in [0.2, 0.25) is 0 Å². The summed E-state index contributed by atoms with van der Waals surface area (Å²) in [6.45, 7) is 1.58. The first kappa shape index (κ1) is 20.3. The average molecular weight is 415 g/mol. The molecule has 1 aromatic heterocycles. The lowest BCUT2D eigenvalue weighted by atomic mass is 10.2. The van der Waals surface area contributed by atoms with Crippen molar-refractivity contribution >= 4 is 40.6 Å². The average Bonchev–Trinajstić information content (AvgIpc) is 3.22. The molecule has 0 atom stereocenters. The highest BCUT2D eigenvalue weighted by Gasteiger charge is 2.36. The lowest BCUT2D eigenvalue weighted by Gasteiger charge is -2.11. The number of rotatable bonds is 7. The second kappa shape index (κ2) is 8.74. The number of benzene rings is 1. The van der Waals surface area contributed by atoms with Crippen LogP contribution in [0, 0.1) is 10.1 Å². The number of nitro groups is 1. The van der Waals surface area contributed by atoms with Crippen molar-refractivity contribution < 1.29 is 24.0 Å². The molecular formula is C19H17N3O6S. The molecule has 0 N–H and O–H groups in total. The van der Waals surface area contributed by atoms with Gasteiger partial charge in [0.05, 0.1) is 23.0 Å². The van der Waals surface area contributed by atoms with Crippen molar-refractivity contribution in [2.24, 2.45) is 0 Å². The third kappa shape index (κ3) is 4.54. The van der Waals surface area contributed by atoms with Crippen molar-refractivity contribution in [2.75, 3.05) is 13.2 Å². The van der Waals surface area contributed by atoms with E-state index in [1.54, 1.807) is 48.0 Å². The zero-order valence-corrected chi connectivity index (χ0v) is 16.3. The topological polar surface area (TPSA) is 112 Å². The van der Waals surface area contributed by atoms with Gasteiger partial charge in [0, 0.05) is 23.5 Å². The summed E-state index contributed by atoms with van der Waals surface area (Å²) in [5.74, 6) is -1.23. The number of hydrogen-bond acceptors (Lipinski definition) is 7. The molecule has 0 spiro atoms. The number of carbonyl (C=O) groups is 3. The molecule has 0 aliphatic carbocycles. The molecule has 10 heteroatoms. The predicted octanol–water partition coefficient (Wildman–Crippen LogP) is 3.04. The fourth-order valence-corrected chi connectivity index (χ4v) is 3.64. The largest absolute Gasteiger partial charge is 0.465 e. The molecule has 0 saturated carbocycles. The van der Waals surface area contributed by atoms with E-state index in [-0.39, 0.29) is 23.7 Å². The van der Waals surface area contributed by atoms with E-state index in [1.807, 2.05) is 0 Å². The van der Waals surface area contributed by atoms with E-state index in [0.29, 0.717) is 11.3 Å². The Kier molecular flexibility index (Phi) is 6.13. The molecule has 29 heavy (non-hydrogen) atoms. The zero-order chi connectivity index (χ0) is 21.0. The van der Waals surface area contributed by atoms with Gasteiger partial charge in [0.15, 0.2) is 0 Å². The number of aromatic nitrogens is 1. The Morgan fingerprint density at radius 2 is 2.00 bits per heavy atom. The summed E-state index contributed by atoms with van der Waals surface area (Å²) in [7, 11) is 0. The molecule has 150 valence electrons. The van der Waals surface area contributed by atoms with E-state index in [9.17, 15) is 24.5 Å². The van der Waals surface area contributed by atoms with Crippen LogP contribution in [0.2, 0.25) is 0 Å². The highest BCUT2D eigenvalue weighted by molar-refractivity contribution is 8.18. The second-order valence-corrected chi connectivity index (χ2v) is 7.01. The van der Waals surface area contributed by atoms with Crippen molar-refractivity contribution in [1.29, 1.82) is 0 Å². The van der Waals surface area contributed by atoms with E-state index in [2.05, 4.69) is 0 Å².